The lowest BCUT2D eigenvalue weighted by Gasteiger charge is -2.07. The number of hydrogen-bond acceptors (Lipinski definition) is 6. The van der Waals surface area contributed by atoms with E-state index in [0.29, 0.717) is 26.6 Å². The first-order chi connectivity index (χ1) is 13.4. The van der Waals surface area contributed by atoms with Gasteiger partial charge in [-0.2, -0.15) is 0 Å². The van der Waals surface area contributed by atoms with Gasteiger partial charge in [0.15, 0.2) is 11.0 Å². The summed E-state index contributed by atoms with van der Waals surface area (Å²) in [7, 11) is 1.75. The summed E-state index contributed by atoms with van der Waals surface area (Å²) in [6.07, 6.45) is 0. The number of nitrogens with zero attached hydrogens (tertiary/aromatic N) is 4. The van der Waals surface area contributed by atoms with Crippen LogP contribution in [0.5, 0.6) is 0 Å². The maximum absolute atomic E-state index is 12.2. The molecule has 1 aromatic heterocycles. The van der Waals surface area contributed by atoms with Crippen LogP contribution < -0.4 is 5.32 Å². The van der Waals surface area contributed by atoms with Gasteiger partial charge >= 0.3 is 0 Å². The predicted octanol–water partition coefficient (Wildman–Crippen LogP) is 4.43. The molecule has 3 rings (SSSR count). The number of carbonyl (C=O) groups excluding carboxylic acids is 1. The molecule has 3 aromatic rings. The molecule has 144 valence electrons. The molecule has 0 unspecified atom stereocenters. The lowest BCUT2D eigenvalue weighted by atomic mass is 10.2. The van der Waals surface area contributed by atoms with E-state index in [1.807, 2.05) is 0 Å². The van der Waals surface area contributed by atoms with Gasteiger partial charge in [-0.3, -0.25) is 14.9 Å². The number of aromatic nitrogens is 3. The quantitative estimate of drug-likeness (QED) is 0.347. The minimum atomic E-state index is -0.548. The van der Waals surface area contributed by atoms with E-state index in [0.717, 1.165) is 11.8 Å². The average molecular weight is 438 g/mol. The second kappa shape index (κ2) is 8.59. The van der Waals surface area contributed by atoms with Gasteiger partial charge in [-0.05, 0) is 24.3 Å². The van der Waals surface area contributed by atoms with Crippen LogP contribution in [0.2, 0.25) is 10.0 Å². The van der Waals surface area contributed by atoms with Crippen LogP contribution in [-0.2, 0) is 11.8 Å². The topological polar surface area (TPSA) is 103 Å². The van der Waals surface area contributed by atoms with Crippen molar-refractivity contribution in [3.8, 4) is 11.4 Å². The van der Waals surface area contributed by atoms with Gasteiger partial charge in [-0.15, -0.1) is 10.2 Å². The smallest absolute Gasteiger partial charge is 0.292 e. The van der Waals surface area contributed by atoms with Gasteiger partial charge in [0.25, 0.3) is 5.69 Å². The van der Waals surface area contributed by atoms with E-state index in [-0.39, 0.29) is 17.1 Å². The summed E-state index contributed by atoms with van der Waals surface area (Å²) < 4.78 is 1.71. The fourth-order valence-corrected chi connectivity index (χ4v) is 3.60. The summed E-state index contributed by atoms with van der Waals surface area (Å²) >= 11 is 13.3. The van der Waals surface area contributed by atoms with Crippen LogP contribution >= 0.6 is 35.0 Å². The molecule has 0 fully saturated rings. The van der Waals surface area contributed by atoms with Crippen molar-refractivity contribution in [2.24, 2.45) is 7.05 Å². The summed E-state index contributed by atoms with van der Waals surface area (Å²) in [6.45, 7) is 0. The molecule has 0 radical (unpaired) electrons. The van der Waals surface area contributed by atoms with Crippen LogP contribution in [0.25, 0.3) is 11.4 Å². The zero-order chi connectivity index (χ0) is 20.3. The van der Waals surface area contributed by atoms with Crippen molar-refractivity contribution in [3.05, 3.63) is 62.6 Å². The van der Waals surface area contributed by atoms with Crippen molar-refractivity contribution in [1.82, 2.24) is 14.8 Å². The number of carbonyl (C=O) groups is 1. The Labute approximate surface area is 174 Å². The summed E-state index contributed by atoms with van der Waals surface area (Å²) in [5.41, 5.74) is 0.640. The zero-order valence-electron chi connectivity index (χ0n) is 14.4. The summed E-state index contributed by atoms with van der Waals surface area (Å²) in [5, 5.41) is 23.2. The monoisotopic (exact) mass is 437 g/mol. The standard InChI is InChI=1S/C17H13Cl2N5O3S/c1-23-16(11-7-6-10(18)8-12(11)19)21-22-17(23)28-9-15(25)20-13-4-2-3-5-14(13)24(26)27/h2-8H,9H2,1H3,(H,20,25). The fourth-order valence-electron chi connectivity index (χ4n) is 2.40. The van der Waals surface area contributed by atoms with Crippen LogP contribution in [0.1, 0.15) is 0 Å². The van der Waals surface area contributed by atoms with E-state index in [2.05, 4.69) is 15.5 Å². The molecule has 1 N–H and O–H groups in total. The van der Waals surface area contributed by atoms with Crippen molar-refractivity contribution in [2.75, 3.05) is 11.1 Å². The van der Waals surface area contributed by atoms with Crippen LogP contribution in [0.4, 0.5) is 11.4 Å². The van der Waals surface area contributed by atoms with Crippen molar-refractivity contribution < 1.29 is 9.72 Å². The van der Waals surface area contributed by atoms with Gasteiger partial charge in [0.2, 0.25) is 5.91 Å². The number of nitro groups is 1. The first-order valence-corrected chi connectivity index (χ1v) is 9.62. The van der Waals surface area contributed by atoms with E-state index >= 15 is 0 Å². The lowest BCUT2D eigenvalue weighted by Crippen LogP contribution is -2.15. The van der Waals surface area contributed by atoms with Crippen LogP contribution in [0.15, 0.2) is 47.6 Å². The fraction of sp³-hybridized carbons (Fsp3) is 0.118. The highest BCUT2D eigenvalue weighted by molar-refractivity contribution is 7.99. The second-order valence-corrected chi connectivity index (χ2v) is 7.39. The number of para-hydroxylation sites is 2. The highest BCUT2D eigenvalue weighted by Crippen LogP contribution is 2.31. The third-order valence-electron chi connectivity index (χ3n) is 3.71. The van der Waals surface area contributed by atoms with Gasteiger partial charge in [-0.1, -0.05) is 47.1 Å². The number of benzene rings is 2. The second-order valence-electron chi connectivity index (χ2n) is 5.60. The molecule has 0 bridgehead atoms. The predicted molar refractivity (Wildman–Crippen MR) is 109 cm³/mol. The normalized spacial score (nSPS) is 10.7. The first-order valence-electron chi connectivity index (χ1n) is 7.87. The molecule has 0 aliphatic carbocycles. The van der Waals surface area contributed by atoms with E-state index in [1.165, 1.54) is 18.2 Å². The molecule has 2 aromatic carbocycles. The number of thioether (sulfide) groups is 1. The molecular weight excluding hydrogens is 425 g/mol. The first kappa shape index (κ1) is 20.1. The SMILES string of the molecule is Cn1c(SCC(=O)Nc2ccccc2[N+](=O)[O-])nnc1-c1ccc(Cl)cc1Cl. The Morgan fingerprint density at radius 1 is 1.25 bits per heavy atom. The Hall–Kier alpha value is -2.62. The zero-order valence-corrected chi connectivity index (χ0v) is 16.8. The van der Waals surface area contributed by atoms with Crippen LogP contribution in [0, 0.1) is 10.1 Å². The summed E-state index contributed by atoms with van der Waals surface area (Å²) in [6, 6.07) is 11.0. The van der Waals surface area contributed by atoms with E-state index in [1.54, 1.807) is 35.9 Å². The number of rotatable bonds is 6. The Bertz CT molecular complexity index is 1060. The molecule has 0 aliphatic heterocycles. The van der Waals surface area contributed by atoms with Gasteiger partial charge in [0, 0.05) is 23.7 Å². The summed E-state index contributed by atoms with van der Waals surface area (Å²) in [5.74, 6) is 0.142. The number of halogens is 2. The highest BCUT2D eigenvalue weighted by atomic mass is 35.5. The third-order valence-corrected chi connectivity index (χ3v) is 5.28. The molecule has 0 saturated heterocycles. The number of hydrogen-bond donors (Lipinski definition) is 1. The Morgan fingerprint density at radius 2 is 2.00 bits per heavy atom. The van der Waals surface area contributed by atoms with Crippen molar-refractivity contribution in [1.29, 1.82) is 0 Å². The van der Waals surface area contributed by atoms with Gasteiger partial charge in [-0.25, -0.2) is 0 Å². The average Bonchev–Trinajstić information content (AvgIpc) is 3.01. The molecule has 0 spiro atoms. The van der Waals surface area contributed by atoms with Gasteiger partial charge < -0.3 is 9.88 Å². The van der Waals surface area contributed by atoms with Gasteiger partial charge in [0.1, 0.15) is 5.69 Å². The van der Waals surface area contributed by atoms with Crippen molar-refractivity contribution in [3.63, 3.8) is 0 Å². The van der Waals surface area contributed by atoms with Crippen molar-refractivity contribution in [2.45, 2.75) is 5.16 Å². The Morgan fingerprint density at radius 3 is 2.71 bits per heavy atom. The van der Waals surface area contributed by atoms with Gasteiger partial charge in [0.05, 0.1) is 15.7 Å². The van der Waals surface area contributed by atoms with E-state index < -0.39 is 10.8 Å². The summed E-state index contributed by atoms with van der Waals surface area (Å²) in [4.78, 5) is 22.7. The van der Waals surface area contributed by atoms with Crippen molar-refractivity contribution >= 4 is 52.2 Å². The van der Waals surface area contributed by atoms with E-state index in [4.69, 9.17) is 23.2 Å². The molecule has 1 heterocycles. The van der Waals surface area contributed by atoms with Crippen LogP contribution in [0.3, 0.4) is 0 Å². The molecule has 28 heavy (non-hydrogen) atoms. The molecule has 8 nitrogen and oxygen atoms in total. The minimum Gasteiger partial charge on any atom is -0.320 e. The number of nitrogens with one attached hydrogen (secondary N) is 1. The van der Waals surface area contributed by atoms with Crippen LogP contribution in [-0.4, -0.2) is 31.3 Å². The Kier molecular flexibility index (Phi) is 6.18. The molecular formula is C17H13Cl2N5O3S. The lowest BCUT2D eigenvalue weighted by molar-refractivity contribution is -0.383. The number of amides is 1. The largest absolute Gasteiger partial charge is 0.320 e. The molecule has 11 heteroatoms. The number of anilines is 1. The highest BCUT2D eigenvalue weighted by Gasteiger charge is 2.17. The minimum absolute atomic E-state index is 0.00632. The number of nitro benzene ring substituents is 1. The maximum atomic E-state index is 12.2. The third kappa shape index (κ3) is 4.44. The Balaban J connectivity index is 1.70. The molecule has 0 aliphatic rings. The van der Waals surface area contributed by atoms with E-state index in [9.17, 15) is 14.9 Å². The maximum Gasteiger partial charge on any atom is 0.292 e. The molecule has 1 amide bonds. The molecule has 0 atom stereocenters. The molecule has 0 saturated carbocycles.